The van der Waals surface area contributed by atoms with Crippen LogP contribution in [-0.4, -0.2) is 38.2 Å². The molecule has 0 aromatic heterocycles. The Morgan fingerprint density at radius 2 is 2.05 bits per heavy atom. The number of benzene rings is 1. The van der Waals surface area contributed by atoms with E-state index in [2.05, 4.69) is 52.3 Å². The zero-order valence-corrected chi connectivity index (χ0v) is 13.5. The topological polar surface area (TPSA) is 24.5 Å². The van der Waals surface area contributed by atoms with Crippen LogP contribution in [0.1, 0.15) is 31.4 Å². The minimum Gasteiger partial charge on any atom is -0.496 e. The van der Waals surface area contributed by atoms with E-state index in [1.54, 1.807) is 7.11 Å². The Kier molecular flexibility index (Phi) is 5.25. The van der Waals surface area contributed by atoms with Crippen molar-refractivity contribution in [2.75, 3.05) is 27.2 Å². The summed E-state index contributed by atoms with van der Waals surface area (Å²) in [5.74, 6) is 0.884. The van der Waals surface area contributed by atoms with Crippen molar-refractivity contribution in [2.45, 2.75) is 31.8 Å². The molecule has 1 fully saturated rings. The van der Waals surface area contributed by atoms with Gasteiger partial charge in [0.25, 0.3) is 0 Å². The molecule has 1 heterocycles. The Hall–Kier alpha value is -0.580. The highest BCUT2D eigenvalue weighted by atomic mass is 79.9. The number of hydrogen-bond acceptors (Lipinski definition) is 3. The molecule has 2 rings (SSSR count). The van der Waals surface area contributed by atoms with E-state index in [1.807, 2.05) is 6.07 Å². The fourth-order valence-corrected chi connectivity index (χ4v) is 3.14. The average molecular weight is 327 g/mol. The van der Waals surface area contributed by atoms with Crippen molar-refractivity contribution in [3.8, 4) is 5.75 Å². The molecule has 0 bridgehead atoms. The highest BCUT2D eigenvalue weighted by Gasteiger charge is 2.19. The largest absolute Gasteiger partial charge is 0.496 e. The smallest absolute Gasteiger partial charge is 0.133 e. The van der Waals surface area contributed by atoms with Crippen molar-refractivity contribution in [3.05, 3.63) is 28.2 Å². The summed E-state index contributed by atoms with van der Waals surface area (Å²) in [6, 6.07) is 7.30. The maximum Gasteiger partial charge on any atom is 0.133 e. The lowest BCUT2D eigenvalue weighted by molar-refractivity contribution is 0.226. The van der Waals surface area contributed by atoms with Crippen molar-refractivity contribution < 1.29 is 4.74 Å². The number of rotatable bonds is 4. The summed E-state index contributed by atoms with van der Waals surface area (Å²) in [7, 11) is 3.89. The third kappa shape index (κ3) is 3.94. The molecule has 0 amide bonds. The predicted molar refractivity (Wildman–Crippen MR) is 82.8 cm³/mol. The molecule has 1 aliphatic heterocycles. The predicted octanol–water partition coefficient (Wildman–Crippen LogP) is 3.20. The van der Waals surface area contributed by atoms with Crippen LogP contribution in [0.3, 0.4) is 0 Å². The second-order valence-corrected chi connectivity index (χ2v) is 6.21. The Labute approximate surface area is 124 Å². The van der Waals surface area contributed by atoms with Crippen LogP contribution < -0.4 is 10.1 Å². The van der Waals surface area contributed by atoms with Crippen LogP contribution in [0.5, 0.6) is 5.75 Å². The standard InChI is InChI=1S/C15H23BrN2O/c1-11(17-13-6-8-18(2)9-7-13)12-4-5-15(19-3)14(16)10-12/h4-5,10-11,13,17H,6-9H2,1-3H3/t11-/m0/s1. The van der Waals surface area contributed by atoms with Crippen molar-refractivity contribution in [3.63, 3.8) is 0 Å². The molecule has 1 atom stereocenters. The van der Waals surface area contributed by atoms with Crippen molar-refractivity contribution in [1.82, 2.24) is 10.2 Å². The van der Waals surface area contributed by atoms with Gasteiger partial charge in [0.2, 0.25) is 0 Å². The Morgan fingerprint density at radius 1 is 1.37 bits per heavy atom. The van der Waals surface area contributed by atoms with E-state index in [0.29, 0.717) is 12.1 Å². The number of nitrogens with zero attached hydrogens (tertiary/aromatic N) is 1. The van der Waals surface area contributed by atoms with Crippen LogP contribution in [0.25, 0.3) is 0 Å². The lowest BCUT2D eigenvalue weighted by atomic mass is 10.0. The molecule has 4 heteroatoms. The third-order valence-corrected chi connectivity index (χ3v) is 4.50. The summed E-state index contributed by atoms with van der Waals surface area (Å²) in [5, 5.41) is 3.73. The second kappa shape index (κ2) is 6.73. The maximum atomic E-state index is 5.27. The molecule has 0 spiro atoms. The molecule has 0 aliphatic carbocycles. The summed E-state index contributed by atoms with van der Waals surface area (Å²) in [5.41, 5.74) is 1.30. The lowest BCUT2D eigenvalue weighted by Gasteiger charge is -2.31. The Morgan fingerprint density at radius 3 is 2.63 bits per heavy atom. The minimum absolute atomic E-state index is 0.371. The van der Waals surface area contributed by atoms with Gasteiger partial charge in [-0.1, -0.05) is 6.07 Å². The molecule has 1 saturated heterocycles. The van der Waals surface area contributed by atoms with Gasteiger partial charge >= 0.3 is 0 Å². The van der Waals surface area contributed by atoms with Gasteiger partial charge in [-0.05, 0) is 73.5 Å². The first-order valence-electron chi connectivity index (χ1n) is 6.88. The van der Waals surface area contributed by atoms with Crippen LogP contribution in [0.15, 0.2) is 22.7 Å². The van der Waals surface area contributed by atoms with E-state index in [9.17, 15) is 0 Å². The van der Waals surface area contributed by atoms with Gasteiger partial charge < -0.3 is 15.0 Å². The molecule has 1 N–H and O–H groups in total. The summed E-state index contributed by atoms with van der Waals surface area (Å²) >= 11 is 3.55. The highest BCUT2D eigenvalue weighted by molar-refractivity contribution is 9.10. The molecule has 19 heavy (non-hydrogen) atoms. The Balaban J connectivity index is 1.96. The average Bonchev–Trinajstić information content (AvgIpc) is 2.41. The number of hydrogen-bond donors (Lipinski definition) is 1. The summed E-state index contributed by atoms with van der Waals surface area (Å²) < 4.78 is 6.29. The van der Waals surface area contributed by atoms with Gasteiger partial charge in [-0.15, -0.1) is 0 Å². The van der Waals surface area contributed by atoms with Crippen LogP contribution in [0.4, 0.5) is 0 Å². The number of ether oxygens (including phenoxy) is 1. The van der Waals surface area contributed by atoms with Gasteiger partial charge in [-0.2, -0.15) is 0 Å². The van der Waals surface area contributed by atoms with Crippen LogP contribution in [0.2, 0.25) is 0 Å². The molecule has 1 aromatic rings. The normalized spacial score (nSPS) is 19.4. The monoisotopic (exact) mass is 326 g/mol. The van der Waals surface area contributed by atoms with Gasteiger partial charge in [0.05, 0.1) is 11.6 Å². The molecule has 3 nitrogen and oxygen atoms in total. The lowest BCUT2D eigenvalue weighted by Crippen LogP contribution is -2.41. The molecule has 106 valence electrons. The van der Waals surface area contributed by atoms with Crippen LogP contribution in [-0.2, 0) is 0 Å². The first-order valence-corrected chi connectivity index (χ1v) is 7.67. The zero-order valence-electron chi connectivity index (χ0n) is 11.9. The third-order valence-electron chi connectivity index (χ3n) is 3.88. The van der Waals surface area contributed by atoms with Crippen molar-refractivity contribution in [2.24, 2.45) is 0 Å². The van der Waals surface area contributed by atoms with E-state index in [0.717, 1.165) is 10.2 Å². The van der Waals surface area contributed by atoms with Crippen molar-refractivity contribution in [1.29, 1.82) is 0 Å². The zero-order chi connectivity index (χ0) is 13.8. The van der Waals surface area contributed by atoms with E-state index in [-0.39, 0.29) is 0 Å². The molecular weight excluding hydrogens is 304 g/mol. The quantitative estimate of drug-likeness (QED) is 0.919. The molecule has 0 saturated carbocycles. The van der Waals surface area contributed by atoms with E-state index in [4.69, 9.17) is 4.74 Å². The SMILES string of the molecule is COc1ccc([C@H](C)NC2CCN(C)CC2)cc1Br. The van der Waals surface area contributed by atoms with Gasteiger partial charge in [-0.25, -0.2) is 0 Å². The van der Waals surface area contributed by atoms with E-state index in [1.165, 1.54) is 31.5 Å². The second-order valence-electron chi connectivity index (χ2n) is 5.36. The molecule has 0 unspecified atom stereocenters. The highest BCUT2D eigenvalue weighted by Crippen LogP contribution is 2.28. The van der Waals surface area contributed by atoms with Gasteiger partial charge in [0.15, 0.2) is 0 Å². The van der Waals surface area contributed by atoms with Gasteiger partial charge in [-0.3, -0.25) is 0 Å². The Bertz CT molecular complexity index is 417. The van der Waals surface area contributed by atoms with Gasteiger partial charge in [0.1, 0.15) is 5.75 Å². The van der Waals surface area contributed by atoms with Crippen LogP contribution in [0, 0.1) is 0 Å². The van der Waals surface area contributed by atoms with Crippen LogP contribution >= 0.6 is 15.9 Å². The van der Waals surface area contributed by atoms with Gasteiger partial charge in [0, 0.05) is 12.1 Å². The summed E-state index contributed by atoms with van der Waals surface area (Å²) in [6.07, 6.45) is 2.47. The number of halogens is 1. The fraction of sp³-hybridized carbons (Fsp3) is 0.600. The first kappa shape index (κ1) is 14.8. The fourth-order valence-electron chi connectivity index (χ4n) is 2.58. The molecule has 0 radical (unpaired) electrons. The minimum atomic E-state index is 0.371. The number of piperidine rings is 1. The van der Waals surface area contributed by atoms with E-state index < -0.39 is 0 Å². The molecule has 1 aliphatic rings. The maximum absolute atomic E-state index is 5.27. The van der Waals surface area contributed by atoms with Crippen molar-refractivity contribution >= 4 is 15.9 Å². The number of likely N-dealkylation sites (tertiary alicyclic amines) is 1. The van der Waals surface area contributed by atoms with E-state index >= 15 is 0 Å². The number of methoxy groups -OCH3 is 1. The molecule has 1 aromatic carbocycles. The summed E-state index contributed by atoms with van der Waals surface area (Å²) in [6.45, 7) is 4.61. The first-order chi connectivity index (χ1) is 9.10. The molecular formula is C15H23BrN2O. The number of nitrogens with one attached hydrogen (secondary N) is 1. The summed E-state index contributed by atoms with van der Waals surface area (Å²) in [4.78, 5) is 2.40.